The molecule has 2 rings (SSSR count). The van der Waals surface area contributed by atoms with Crippen LogP contribution in [0.2, 0.25) is 5.28 Å². The number of thiophene rings is 1. The van der Waals surface area contributed by atoms with Crippen molar-refractivity contribution in [2.75, 3.05) is 5.32 Å². The van der Waals surface area contributed by atoms with Crippen LogP contribution in [0.3, 0.4) is 0 Å². The van der Waals surface area contributed by atoms with Gasteiger partial charge in [-0.15, -0.1) is 11.3 Å². The average molecular weight is 373 g/mol. The third kappa shape index (κ3) is 4.05. The summed E-state index contributed by atoms with van der Waals surface area (Å²) in [6.45, 7) is 0.362. The zero-order chi connectivity index (χ0) is 14.0. The Balaban J connectivity index is 2.14. The van der Waals surface area contributed by atoms with Gasteiger partial charge in [0.1, 0.15) is 5.82 Å². The Bertz CT molecular complexity index is 588. The van der Waals surface area contributed by atoms with Gasteiger partial charge >= 0.3 is 6.18 Å². The monoisotopic (exact) mass is 371 g/mol. The molecule has 0 bridgehead atoms. The molecule has 0 fully saturated rings. The summed E-state index contributed by atoms with van der Waals surface area (Å²) in [5.41, 5.74) is -1.07. The lowest BCUT2D eigenvalue weighted by atomic mass is 10.3. The van der Waals surface area contributed by atoms with Crippen molar-refractivity contribution in [3.05, 3.63) is 37.8 Å². The Kier molecular flexibility index (Phi) is 4.32. The van der Waals surface area contributed by atoms with Crippen LogP contribution < -0.4 is 5.32 Å². The van der Waals surface area contributed by atoms with E-state index in [0.717, 1.165) is 14.7 Å². The van der Waals surface area contributed by atoms with Gasteiger partial charge in [-0.2, -0.15) is 13.2 Å². The van der Waals surface area contributed by atoms with E-state index in [-0.39, 0.29) is 5.82 Å². The van der Waals surface area contributed by atoms with E-state index in [0.29, 0.717) is 6.54 Å². The third-order valence-electron chi connectivity index (χ3n) is 2.06. The second-order valence-electron chi connectivity index (χ2n) is 3.46. The maximum absolute atomic E-state index is 12.5. The Morgan fingerprint density at radius 2 is 2.05 bits per heavy atom. The van der Waals surface area contributed by atoms with Crippen molar-refractivity contribution >= 4 is 44.7 Å². The molecule has 2 aromatic heterocycles. The Morgan fingerprint density at radius 1 is 1.32 bits per heavy atom. The Labute approximate surface area is 124 Å². The van der Waals surface area contributed by atoms with Gasteiger partial charge in [0.2, 0.25) is 5.28 Å². The molecule has 0 spiro atoms. The van der Waals surface area contributed by atoms with Crippen LogP contribution in [0.15, 0.2) is 22.0 Å². The van der Waals surface area contributed by atoms with Gasteiger partial charge in [0.15, 0.2) is 5.69 Å². The first-order valence-electron chi connectivity index (χ1n) is 4.94. The van der Waals surface area contributed by atoms with Crippen molar-refractivity contribution in [2.24, 2.45) is 0 Å². The van der Waals surface area contributed by atoms with E-state index < -0.39 is 17.2 Å². The second kappa shape index (κ2) is 5.64. The van der Waals surface area contributed by atoms with Gasteiger partial charge in [-0.3, -0.25) is 0 Å². The van der Waals surface area contributed by atoms with E-state index in [2.05, 4.69) is 31.2 Å². The molecule has 19 heavy (non-hydrogen) atoms. The Hall–Kier alpha value is -0.860. The number of alkyl halides is 3. The van der Waals surface area contributed by atoms with Crippen LogP contribution in [0.25, 0.3) is 0 Å². The topological polar surface area (TPSA) is 37.8 Å². The summed E-state index contributed by atoms with van der Waals surface area (Å²) in [6.07, 6.45) is -4.55. The number of rotatable bonds is 3. The van der Waals surface area contributed by atoms with Gasteiger partial charge in [0, 0.05) is 10.9 Å². The molecule has 0 saturated carbocycles. The number of hydrogen-bond acceptors (Lipinski definition) is 4. The lowest BCUT2D eigenvalue weighted by Crippen LogP contribution is -2.11. The molecule has 0 atom stereocenters. The highest BCUT2D eigenvalue weighted by Gasteiger charge is 2.33. The smallest absolute Gasteiger partial charge is 0.365 e. The van der Waals surface area contributed by atoms with Crippen molar-refractivity contribution in [1.82, 2.24) is 9.97 Å². The molecular formula is C10H6BrClF3N3S. The van der Waals surface area contributed by atoms with E-state index in [1.54, 1.807) is 0 Å². The number of nitrogens with zero attached hydrogens (tertiary/aromatic N) is 2. The van der Waals surface area contributed by atoms with Crippen molar-refractivity contribution in [2.45, 2.75) is 12.7 Å². The van der Waals surface area contributed by atoms with Crippen molar-refractivity contribution in [3.63, 3.8) is 0 Å². The molecule has 102 valence electrons. The average Bonchev–Trinajstić information content (AvgIpc) is 2.71. The molecule has 3 nitrogen and oxygen atoms in total. The fourth-order valence-electron chi connectivity index (χ4n) is 1.28. The normalized spacial score (nSPS) is 11.6. The van der Waals surface area contributed by atoms with E-state index >= 15 is 0 Å². The van der Waals surface area contributed by atoms with E-state index in [4.69, 9.17) is 11.6 Å². The molecule has 0 saturated heterocycles. The zero-order valence-electron chi connectivity index (χ0n) is 9.13. The van der Waals surface area contributed by atoms with Gasteiger partial charge in [0.05, 0.1) is 10.3 Å². The second-order valence-corrected chi connectivity index (χ2v) is 6.35. The lowest BCUT2D eigenvalue weighted by molar-refractivity contribution is -0.141. The number of hydrogen-bond donors (Lipinski definition) is 1. The highest BCUT2D eigenvalue weighted by molar-refractivity contribution is 9.11. The zero-order valence-corrected chi connectivity index (χ0v) is 12.3. The fraction of sp³-hybridized carbons (Fsp3) is 0.200. The van der Waals surface area contributed by atoms with Gasteiger partial charge in [-0.25, -0.2) is 9.97 Å². The standard InChI is InChI=1S/C10H6BrClF3N3S/c11-7-2-1-5(19-7)4-16-8-3-6(10(13,14)15)17-9(12)18-8/h1-3H,4H2,(H,16,17,18). The largest absolute Gasteiger partial charge is 0.433 e. The van der Waals surface area contributed by atoms with Crippen LogP contribution >= 0.6 is 38.9 Å². The molecule has 0 amide bonds. The van der Waals surface area contributed by atoms with Gasteiger partial charge in [-0.1, -0.05) is 0 Å². The predicted octanol–water partition coefficient (Wildman–Crippen LogP) is 4.58. The minimum atomic E-state index is -4.55. The van der Waals surface area contributed by atoms with Gasteiger partial charge < -0.3 is 5.32 Å². The first-order chi connectivity index (χ1) is 8.84. The summed E-state index contributed by atoms with van der Waals surface area (Å²) in [7, 11) is 0. The Morgan fingerprint density at radius 3 is 2.63 bits per heavy atom. The number of aromatic nitrogens is 2. The number of halogens is 5. The highest BCUT2D eigenvalue weighted by Crippen LogP contribution is 2.30. The lowest BCUT2D eigenvalue weighted by Gasteiger charge is -2.09. The fourth-order valence-corrected chi connectivity index (χ4v) is 2.88. The maximum atomic E-state index is 12.5. The van der Waals surface area contributed by atoms with Gasteiger partial charge in [0.25, 0.3) is 0 Å². The summed E-state index contributed by atoms with van der Waals surface area (Å²) in [5, 5.41) is 2.34. The molecular weight excluding hydrogens is 367 g/mol. The molecule has 0 aliphatic heterocycles. The summed E-state index contributed by atoms with van der Waals surface area (Å²) in [4.78, 5) is 7.81. The minimum Gasteiger partial charge on any atom is -0.365 e. The van der Waals surface area contributed by atoms with E-state index in [1.165, 1.54) is 11.3 Å². The molecule has 0 aromatic carbocycles. The van der Waals surface area contributed by atoms with Crippen LogP contribution in [-0.4, -0.2) is 9.97 Å². The first-order valence-corrected chi connectivity index (χ1v) is 6.93. The minimum absolute atomic E-state index is 0.0387. The number of nitrogens with one attached hydrogen (secondary N) is 1. The summed E-state index contributed by atoms with van der Waals surface area (Å²) < 4.78 is 38.5. The summed E-state index contributed by atoms with van der Waals surface area (Å²) in [6, 6.07) is 4.54. The molecule has 0 unspecified atom stereocenters. The third-order valence-corrected chi connectivity index (χ3v) is 3.85. The quantitative estimate of drug-likeness (QED) is 0.801. The van der Waals surface area contributed by atoms with Crippen LogP contribution in [0.4, 0.5) is 19.0 Å². The first kappa shape index (κ1) is 14.5. The molecule has 0 aliphatic carbocycles. The maximum Gasteiger partial charge on any atom is 0.433 e. The van der Waals surface area contributed by atoms with Crippen LogP contribution in [0.5, 0.6) is 0 Å². The van der Waals surface area contributed by atoms with Crippen LogP contribution in [0.1, 0.15) is 10.6 Å². The molecule has 0 aliphatic rings. The van der Waals surface area contributed by atoms with Crippen molar-refractivity contribution < 1.29 is 13.2 Å². The van der Waals surface area contributed by atoms with Crippen LogP contribution in [-0.2, 0) is 12.7 Å². The molecule has 2 aromatic rings. The highest BCUT2D eigenvalue weighted by atomic mass is 79.9. The van der Waals surface area contributed by atoms with E-state index in [1.807, 2.05) is 12.1 Å². The SMILES string of the molecule is FC(F)(F)c1cc(NCc2ccc(Br)s2)nc(Cl)n1. The summed E-state index contributed by atoms with van der Waals surface area (Å²) >= 11 is 10.3. The van der Waals surface area contributed by atoms with Crippen LogP contribution in [0, 0.1) is 0 Å². The molecule has 2 heterocycles. The summed E-state index contributed by atoms with van der Waals surface area (Å²) in [5.74, 6) is 0.0387. The van der Waals surface area contributed by atoms with E-state index in [9.17, 15) is 13.2 Å². The molecule has 1 N–H and O–H groups in total. The van der Waals surface area contributed by atoms with Crippen molar-refractivity contribution in [1.29, 1.82) is 0 Å². The molecule has 9 heteroatoms. The predicted molar refractivity (Wildman–Crippen MR) is 71.4 cm³/mol. The molecule has 0 radical (unpaired) electrons. The van der Waals surface area contributed by atoms with Crippen molar-refractivity contribution in [3.8, 4) is 0 Å². The van der Waals surface area contributed by atoms with Gasteiger partial charge in [-0.05, 0) is 39.7 Å². The number of anilines is 1.